The van der Waals surface area contributed by atoms with Crippen LogP contribution in [0.15, 0.2) is 0 Å². The van der Waals surface area contributed by atoms with Gasteiger partial charge >= 0.3 is 0 Å². The van der Waals surface area contributed by atoms with E-state index in [1.54, 1.807) is 0 Å². The summed E-state index contributed by atoms with van der Waals surface area (Å²) in [6.07, 6.45) is 2.34. The van der Waals surface area contributed by atoms with Gasteiger partial charge in [0.25, 0.3) is 0 Å². The highest BCUT2D eigenvalue weighted by atomic mass is 79.9. The third-order valence-corrected chi connectivity index (χ3v) is 3.63. The van der Waals surface area contributed by atoms with Crippen LogP contribution in [0.3, 0.4) is 0 Å². The molecule has 0 radical (unpaired) electrons. The average molecular weight is 385 g/mol. The van der Waals surface area contributed by atoms with E-state index in [0.717, 1.165) is 23.7 Å². The van der Waals surface area contributed by atoms with Gasteiger partial charge in [-0.15, -0.1) is 0 Å². The summed E-state index contributed by atoms with van der Waals surface area (Å²) in [5.74, 6) is 0.564. The van der Waals surface area contributed by atoms with E-state index in [0.29, 0.717) is 31.7 Å². The summed E-state index contributed by atoms with van der Waals surface area (Å²) in [5.41, 5.74) is 0. The van der Waals surface area contributed by atoms with Crippen LogP contribution in [0.2, 0.25) is 0 Å². The molecule has 0 aliphatic carbocycles. The van der Waals surface area contributed by atoms with E-state index in [2.05, 4.69) is 50.6 Å². The van der Waals surface area contributed by atoms with Gasteiger partial charge in [-0.05, 0) is 13.8 Å². The second kappa shape index (κ2) is 11.1. The largest absolute Gasteiger partial charge is 0.300 e. The lowest BCUT2D eigenvalue weighted by atomic mass is 10.1. The number of hydrogen-bond acceptors (Lipinski definition) is 3. The van der Waals surface area contributed by atoms with Gasteiger partial charge in [0.1, 0.15) is 11.6 Å². The Bertz CT molecular complexity index is 235. The van der Waals surface area contributed by atoms with Crippen molar-refractivity contribution in [1.29, 1.82) is 0 Å². The molecule has 0 aliphatic rings. The van der Waals surface area contributed by atoms with Gasteiger partial charge in [-0.25, -0.2) is 0 Å². The first kappa shape index (κ1) is 18.3. The Balaban J connectivity index is 3.99. The molecule has 18 heavy (non-hydrogen) atoms. The van der Waals surface area contributed by atoms with Crippen molar-refractivity contribution < 1.29 is 9.59 Å². The lowest BCUT2D eigenvalue weighted by molar-refractivity contribution is -0.119. The minimum absolute atomic E-state index is 0.282. The molecule has 0 saturated heterocycles. The van der Waals surface area contributed by atoms with E-state index < -0.39 is 0 Å². The number of nitrogens with zero attached hydrogens (tertiary/aromatic N) is 1. The Kier molecular flexibility index (Phi) is 11.3. The number of Topliss-reactive ketones (excluding diaryl/α,β-unsaturated/α-hetero) is 2. The molecule has 0 aliphatic heterocycles. The zero-order chi connectivity index (χ0) is 14.0. The van der Waals surface area contributed by atoms with Crippen LogP contribution in [0.25, 0.3) is 0 Å². The Morgan fingerprint density at radius 1 is 0.889 bits per heavy atom. The SMILES string of the molecule is CC(C)N(CCC(=O)CCBr)CCC(=O)CCBr. The van der Waals surface area contributed by atoms with Crippen molar-refractivity contribution in [1.82, 2.24) is 4.90 Å². The summed E-state index contributed by atoms with van der Waals surface area (Å²) in [5, 5.41) is 1.47. The Morgan fingerprint density at radius 3 is 1.56 bits per heavy atom. The minimum atomic E-state index is 0.282. The molecule has 0 atom stereocenters. The summed E-state index contributed by atoms with van der Waals surface area (Å²) in [6.45, 7) is 5.71. The van der Waals surface area contributed by atoms with Crippen LogP contribution in [-0.4, -0.2) is 46.3 Å². The lowest BCUT2D eigenvalue weighted by Gasteiger charge is -2.25. The molecule has 0 amide bonds. The first-order valence-electron chi connectivity index (χ1n) is 6.40. The van der Waals surface area contributed by atoms with Crippen LogP contribution < -0.4 is 0 Å². The average Bonchev–Trinajstić information content (AvgIpc) is 2.29. The molecular formula is C13H23Br2NO2. The minimum Gasteiger partial charge on any atom is -0.300 e. The van der Waals surface area contributed by atoms with E-state index in [9.17, 15) is 9.59 Å². The van der Waals surface area contributed by atoms with Gasteiger partial charge < -0.3 is 4.90 Å². The van der Waals surface area contributed by atoms with E-state index >= 15 is 0 Å². The van der Waals surface area contributed by atoms with Crippen LogP contribution >= 0.6 is 31.9 Å². The molecule has 0 aromatic heterocycles. The van der Waals surface area contributed by atoms with Crippen LogP contribution in [0.5, 0.6) is 0 Å². The van der Waals surface area contributed by atoms with E-state index in [1.165, 1.54) is 0 Å². The van der Waals surface area contributed by atoms with Crippen molar-refractivity contribution in [3.05, 3.63) is 0 Å². The third kappa shape index (κ3) is 9.22. The predicted molar refractivity (Wildman–Crippen MR) is 82.8 cm³/mol. The van der Waals surface area contributed by atoms with Crippen molar-refractivity contribution in [2.24, 2.45) is 0 Å². The smallest absolute Gasteiger partial charge is 0.135 e. The summed E-state index contributed by atoms with van der Waals surface area (Å²) in [4.78, 5) is 25.2. The quantitative estimate of drug-likeness (QED) is 0.513. The highest BCUT2D eigenvalue weighted by Crippen LogP contribution is 2.05. The highest BCUT2D eigenvalue weighted by molar-refractivity contribution is 9.09. The van der Waals surface area contributed by atoms with Gasteiger partial charge in [0.05, 0.1) is 0 Å². The molecule has 0 bridgehead atoms. The van der Waals surface area contributed by atoms with Gasteiger partial charge in [-0.1, -0.05) is 31.9 Å². The number of carbonyl (C=O) groups excluding carboxylic acids is 2. The van der Waals surface area contributed by atoms with Crippen LogP contribution in [0.4, 0.5) is 0 Å². The van der Waals surface area contributed by atoms with E-state index in [1.807, 2.05) is 0 Å². The molecule has 0 N–H and O–H groups in total. The van der Waals surface area contributed by atoms with Crippen molar-refractivity contribution in [3.8, 4) is 0 Å². The maximum Gasteiger partial charge on any atom is 0.135 e. The Hall–Kier alpha value is 0.260. The second-order valence-electron chi connectivity index (χ2n) is 4.59. The predicted octanol–water partition coefficient (Wildman–Crippen LogP) is 3.19. The van der Waals surface area contributed by atoms with Crippen molar-refractivity contribution in [2.75, 3.05) is 23.7 Å². The number of halogens is 2. The van der Waals surface area contributed by atoms with E-state index in [-0.39, 0.29) is 11.6 Å². The molecule has 3 nitrogen and oxygen atoms in total. The normalized spacial score (nSPS) is 11.2. The molecule has 0 spiro atoms. The summed E-state index contributed by atoms with van der Waals surface area (Å²) in [7, 11) is 0. The maximum absolute atomic E-state index is 11.5. The van der Waals surface area contributed by atoms with Crippen molar-refractivity contribution in [2.45, 2.75) is 45.6 Å². The second-order valence-corrected chi connectivity index (χ2v) is 6.17. The third-order valence-electron chi connectivity index (χ3n) is 2.83. The van der Waals surface area contributed by atoms with Gasteiger partial charge in [0.15, 0.2) is 0 Å². The van der Waals surface area contributed by atoms with Crippen molar-refractivity contribution >= 4 is 43.4 Å². The number of rotatable bonds is 11. The van der Waals surface area contributed by atoms with Gasteiger partial charge in [0.2, 0.25) is 0 Å². The molecule has 0 heterocycles. The standard InChI is InChI=1S/C13H23Br2NO2/c1-11(2)16(9-5-12(17)3-7-14)10-6-13(18)4-8-15/h11H,3-10H2,1-2H3. The fraction of sp³-hybridized carbons (Fsp3) is 0.846. The number of ketones is 2. The first-order chi connectivity index (χ1) is 8.51. The molecule has 0 aromatic rings. The molecule has 0 unspecified atom stereocenters. The number of hydrogen-bond donors (Lipinski definition) is 0. The van der Waals surface area contributed by atoms with Gasteiger partial charge in [0, 0.05) is 55.5 Å². The highest BCUT2D eigenvalue weighted by Gasteiger charge is 2.13. The summed E-state index contributed by atoms with van der Waals surface area (Å²) >= 11 is 6.54. The fourth-order valence-corrected chi connectivity index (χ4v) is 2.51. The molecule has 0 rings (SSSR count). The van der Waals surface area contributed by atoms with E-state index in [4.69, 9.17) is 0 Å². The molecule has 0 fully saturated rings. The lowest BCUT2D eigenvalue weighted by Crippen LogP contribution is -2.34. The Morgan fingerprint density at radius 2 is 1.28 bits per heavy atom. The molecular weight excluding hydrogens is 362 g/mol. The molecule has 5 heteroatoms. The van der Waals surface area contributed by atoms with Gasteiger partial charge in [-0.2, -0.15) is 0 Å². The molecule has 0 aromatic carbocycles. The summed E-state index contributed by atoms with van der Waals surface area (Å²) in [6, 6.07) is 0.374. The fourth-order valence-electron chi connectivity index (χ4n) is 1.63. The topological polar surface area (TPSA) is 37.4 Å². The maximum atomic E-state index is 11.5. The van der Waals surface area contributed by atoms with Crippen molar-refractivity contribution in [3.63, 3.8) is 0 Å². The zero-order valence-corrected chi connectivity index (χ0v) is 14.4. The number of carbonyl (C=O) groups is 2. The van der Waals surface area contributed by atoms with Crippen LogP contribution in [-0.2, 0) is 9.59 Å². The first-order valence-corrected chi connectivity index (χ1v) is 8.65. The van der Waals surface area contributed by atoms with Crippen LogP contribution in [0.1, 0.15) is 39.5 Å². The molecule has 106 valence electrons. The van der Waals surface area contributed by atoms with Gasteiger partial charge in [-0.3, -0.25) is 9.59 Å². The zero-order valence-electron chi connectivity index (χ0n) is 11.3. The molecule has 0 saturated carbocycles. The van der Waals surface area contributed by atoms with Crippen LogP contribution in [0, 0.1) is 0 Å². The number of alkyl halides is 2. The summed E-state index contributed by atoms with van der Waals surface area (Å²) < 4.78 is 0. The monoisotopic (exact) mass is 383 g/mol. The Labute approximate surface area is 127 Å².